The van der Waals surface area contributed by atoms with Gasteiger partial charge in [-0.2, -0.15) is 0 Å². The number of likely N-dealkylation sites (N-methyl/N-ethyl adjacent to an activating group) is 1. The molecule has 1 aromatic heterocycles. The van der Waals surface area contributed by atoms with Crippen LogP contribution in [0.15, 0.2) is 29.6 Å². The van der Waals surface area contributed by atoms with Gasteiger partial charge in [0.1, 0.15) is 11.9 Å². The quantitative estimate of drug-likeness (QED) is 0.791. The average molecular weight is 335 g/mol. The van der Waals surface area contributed by atoms with Gasteiger partial charge in [0, 0.05) is 24.0 Å². The number of thiazole rings is 1. The number of hydrogen-bond donors (Lipinski definition) is 1. The number of carbonyl (C=O) groups excluding carboxylic acids is 1. The van der Waals surface area contributed by atoms with Crippen LogP contribution < -0.4 is 5.32 Å². The van der Waals surface area contributed by atoms with Crippen molar-refractivity contribution >= 4 is 17.2 Å². The van der Waals surface area contributed by atoms with Gasteiger partial charge in [0.25, 0.3) is 0 Å². The molecule has 1 amide bonds. The van der Waals surface area contributed by atoms with Gasteiger partial charge in [-0.05, 0) is 45.1 Å². The third kappa shape index (κ3) is 5.11. The smallest absolute Gasteiger partial charge is 0.241 e. The van der Waals surface area contributed by atoms with E-state index >= 15 is 0 Å². The lowest BCUT2D eigenvalue weighted by Crippen LogP contribution is -2.37. The molecule has 0 aliphatic heterocycles. The molecule has 0 bridgehead atoms. The fourth-order valence-electron chi connectivity index (χ4n) is 2.43. The van der Waals surface area contributed by atoms with Crippen molar-refractivity contribution in [1.29, 1.82) is 0 Å². The normalized spacial score (nSPS) is 12.4. The Labute approximate surface area is 140 Å². The van der Waals surface area contributed by atoms with Crippen LogP contribution in [0.5, 0.6) is 0 Å². The van der Waals surface area contributed by atoms with Gasteiger partial charge in [0.15, 0.2) is 0 Å². The van der Waals surface area contributed by atoms with E-state index in [1.54, 1.807) is 28.4 Å². The number of aromatic nitrogens is 1. The van der Waals surface area contributed by atoms with Gasteiger partial charge >= 0.3 is 0 Å². The van der Waals surface area contributed by atoms with Crippen LogP contribution in [0, 0.1) is 12.7 Å². The van der Waals surface area contributed by atoms with E-state index in [9.17, 15) is 9.18 Å². The number of carbonyl (C=O) groups is 1. The summed E-state index contributed by atoms with van der Waals surface area (Å²) in [5.41, 5.74) is 1.69. The van der Waals surface area contributed by atoms with Crippen molar-refractivity contribution in [3.05, 3.63) is 51.7 Å². The van der Waals surface area contributed by atoms with Crippen LogP contribution in [-0.2, 0) is 11.2 Å². The highest BCUT2D eigenvalue weighted by atomic mass is 32.1. The number of halogens is 1. The molecule has 1 aromatic carbocycles. The monoisotopic (exact) mass is 335 g/mol. The zero-order valence-electron chi connectivity index (χ0n) is 13.7. The molecule has 0 radical (unpaired) electrons. The molecule has 2 aromatic rings. The Morgan fingerprint density at radius 3 is 2.83 bits per heavy atom. The highest BCUT2D eigenvalue weighted by molar-refractivity contribution is 7.09. The number of nitrogens with zero attached hydrogens (tertiary/aromatic N) is 2. The standard InChI is InChI=1S/C17H22FN3OS/c1-12-11-23-15(20-12)8-5-9-19-17(22)16(21(2)3)13-6-4-7-14(18)10-13/h4,6-7,10-11,16H,5,8-9H2,1-3H3,(H,19,22)/t16-/m0/s1. The summed E-state index contributed by atoms with van der Waals surface area (Å²) in [5.74, 6) is -0.447. The SMILES string of the molecule is Cc1csc(CCCNC(=O)[C@H](c2cccc(F)c2)N(C)C)n1. The van der Waals surface area contributed by atoms with E-state index in [0.29, 0.717) is 12.1 Å². The Kier molecular flexibility index (Phi) is 6.24. The highest BCUT2D eigenvalue weighted by Crippen LogP contribution is 2.19. The van der Waals surface area contributed by atoms with Crippen LogP contribution >= 0.6 is 11.3 Å². The lowest BCUT2D eigenvalue weighted by Gasteiger charge is -2.23. The summed E-state index contributed by atoms with van der Waals surface area (Å²) in [7, 11) is 3.63. The Balaban J connectivity index is 1.88. The van der Waals surface area contributed by atoms with Crippen LogP contribution in [-0.4, -0.2) is 36.4 Å². The van der Waals surface area contributed by atoms with Crippen LogP contribution in [0.3, 0.4) is 0 Å². The highest BCUT2D eigenvalue weighted by Gasteiger charge is 2.22. The Bertz CT molecular complexity index is 657. The third-order valence-corrected chi connectivity index (χ3v) is 4.49. The second kappa shape index (κ2) is 8.17. The lowest BCUT2D eigenvalue weighted by molar-refractivity contribution is -0.125. The molecule has 6 heteroatoms. The van der Waals surface area contributed by atoms with Gasteiger partial charge in [0.2, 0.25) is 5.91 Å². The lowest BCUT2D eigenvalue weighted by atomic mass is 10.1. The molecule has 124 valence electrons. The molecular formula is C17H22FN3OS. The fourth-order valence-corrected chi connectivity index (χ4v) is 3.24. The Morgan fingerprint density at radius 1 is 1.43 bits per heavy atom. The first kappa shape index (κ1) is 17.6. The summed E-state index contributed by atoms with van der Waals surface area (Å²) in [6, 6.07) is 5.69. The number of aryl methyl sites for hydroxylation is 2. The molecule has 2 rings (SSSR count). The van der Waals surface area contributed by atoms with Gasteiger partial charge in [-0.3, -0.25) is 9.69 Å². The summed E-state index contributed by atoms with van der Waals surface area (Å²) in [6.45, 7) is 2.56. The predicted molar refractivity (Wildman–Crippen MR) is 91.0 cm³/mol. The summed E-state index contributed by atoms with van der Waals surface area (Å²) < 4.78 is 13.4. The molecule has 0 saturated heterocycles. The molecule has 0 aliphatic rings. The Hall–Kier alpha value is -1.79. The van der Waals surface area contributed by atoms with E-state index in [-0.39, 0.29) is 11.7 Å². The first-order valence-corrected chi connectivity index (χ1v) is 8.46. The predicted octanol–water partition coefficient (Wildman–Crippen LogP) is 2.94. The molecule has 1 atom stereocenters. The van der Waals surface area contributed by atoms with Crippen molar-refractivity contribution in [2.45, 2.75) is 25.8 Å². The molecule has 0 unspecified atom stereocenters. The molecule has 1 N–H and O–H groups in total. The summed E-state index contributed by atoms with van der Waals surface area (Å²) >= 11 is 1.64. The van der Waals surface area contributed by atoms with Gasteiger partial charge in [-0.1, -0.05) is 12.1 Å². The van der Waals surface area contributed by atoms with E-state index in [4.69, 9.17) is 0 Å². The zero-order valence-corrected chi connectivity index (χ0v) is 14.5. The first-order chi connectivity index (χ1) is 11.0. The van der Waals surface area contributed by atoms with E-state index in [0.717, 1.165) is 23.5 Å². The molecule has 0 aliphatic carbocycles. The van der Waals surface area contributed by atoms with Gasteiger partial charge in [-0.15, -0.1) is 11.3 Å². The zero-order chi connectivity index (χ0) is 16.8. The molecule has 1 heterocycles. The number of nitrogens with one attached hydrogen (secondary N) is 1. The van der Waals surface area contributed by atoms with Crippen molar-refractivity contribution < 1.29 is 9.18 Å². The average Bonchev–Trinajstić information content (AvgIpc) is 2.89. The largest absolute Gasteiger partial charge is 0.354 e. The molecule has 0 spiro atoms. The second-order valence-corrected chi connectivity index (χ2v) is 6.64. The van der Waals surface area contributed by atoms with Crippen molar-refractivity contribution in [3.8, 4) is 0 Å². The molecule has 23 heavy (non-hydrogen) atoms. The number of amides is 1. The van der Waals surface area contributed by atoms with Crippen molar-refractivity contribution in [1.82, 2.24) is 15.2 Å². The van der Waals surface area contributed by atoms with Crippen molar-refractivity contribution in [2.75, 3.05) is 20.6 Å². The molecule has 4 nitrogen and oxygen atoms in total. The maximum Gasteiger partial charge on any atom is 0.241 e. The van der Waals surface area contributed by atoms with Crippen LogP contribution in [0.25, 0.3) is 0 Å². The minimum absolute atomic E-state index is 0.115. The van der Waals surface area contributed by atoms with E-state index in [1.165, 1.54) is 12.1 Å². The summed E-state index contributed by atoms with van der Waals surface area (Å²) in [4.78, 5) is 18.6. The van der Waals surface area contributed by atoms with Gasteiger partial charge in [-0.25, -0.2) is 9.37 Å². The van der Waals surface area contributed by atoms with Crippen molar-refractivity contribution in [2.24, 2.45) is 0 Å². The van der Waals surface area contributed by atoms with E-state index < -0.39 is 6.04 Å². The first-order valence-electron chi connectivity index (χ1n) is 7.58. The summed E-state index contributed by atoms with van der Waals surface area (Å²) in [5, 5.41) is 6.05. The molecule has 0 saturated carbocycles. The number of rotatable bonds is 7. The van der Waals surface area contributed by atoms with E-state index in [1.807, 2.05) is 26.4 Å². The maximum absolute atomic E-state index is 13.4. The fraction of sp³-hybridized carbons (Fsp3) is 0.412. The summed E-state index contributed by atoms with van der Waals surface area (Å²) in [6.07, 6.45) is 1.69. The molecule has 0 fully saturated rings. The second-order valence-electron chi connectivity index (χ2n) is 5.70. The maximum atomic E-state index is 13.4. The van der Waals surface area contributed by atoms with Crippen molar-refractivity contribution in [3.63, 3.8) is 0 Å². The topological polar surface area (TPSA) is 45.2 Å². The Morgan fingerprint density at radius 2 is 2.22 bits per heavy atom. The molecular weight excluding hydrogens is 313 g/mol. The minimum atomic E-state index is -0.493. The number of hydrogen-bond acceptors (Lipinski definition) is 4. The minimum Gasteiger partial charge on any atom is -0.354 e. The van der Waals surface area contributed by atoms with Crippen LogP contribution in [0.4, 0.5) is 4.39 Å². The number of benzene rings is 1. The van der Waals surface area contributed by atoms with E-state index in [2.05, 4.69) is 10.3 Å². The third-order valence-electron chi connectivity index (χ3n) is 3.46. The van der Waals surface area contributed by atoms with Gasteiger partial charge in [0.05, 0.1) is 5.01 Å². The van der Waals surface area contributed by atoms with Crippen LogP contribution in [0.2, 0.25) is 0 Å². The van der Waals surface area contributed by atoms with Gasteiger partial charge < -0.3 is 5.32 Å². The van der Waals surface area contributed by atoms with Crippen LogP contribution in [0.1, 0.15) is 28.7 Å².